The minimum Gasteiger partial charge on any atom is -0.487 e. The lowest BCUT2D eigenvalue weighted by Crippen LogP contribution is -2.13. The molecule has 0 saturated carbocycles. The second-order valence-corrected chi connectivity index (χ2v) is 6.55. The first-order valence-corrected chi connectivity index (χ1v) is 8.39. The Bertz CT molecular complexity index is 694. The zero-order valence-corrected chi connectivity index (χ0v) is 15.9. The van der Waals surface area contributed by atoms with Gasteiger partial charge < -0.3 is 14.8 Å². The fraction of sp³-hybridized carbons (Fsp3) is 0.188. The molecule has 0 aliphatic carbocycles. The molecule has 2 aromatic carbocycles. The van der Waals surface area contributed by atoms with Crippen LogP contribution in [0.4, 0.5) is 5.69 Å². The summed E-state index contributed by atoms with van der Waals surface area (Å²) >= 11 is 13.5. The van der Waals surface area contributed by atoms with Crippen molar-refractivity contribution in [3.05, 3.63) is 56.1 Å². The Balaban J connectivity index is 2.19. The summed E-state index contributed by atoms with van der Waals surface area (Å²) < 4.78 is 11.9. The van der Waals surface area contributed by atoms with Gasteiger partial charge in [-0.2, -0.15) is 0 Å². The number of hydrogen-bond acceptors (Lipinski definition) is 3. The maximum atomic E-state index is 6.20. The molecule has 0 amide bonds. The lowest BCUT2D eigenvalue weighted by atomic mass is 10.2. The topological polar surface area (TPSA) is 30.5 Å². The summed E-state index contributed by atoms with van der Waals surface area (Å²) in [5.74, 6) is 0.659. The van der Waals surface area contributed by atoms with E-state index < -0.39 is 0 Å². The van der Waals surface area contributed by atoms with Crippen molar-refractivity contribution in [2.75, 3.05) is 12.4 Å². The smallest absolute Gasteiger partial charge is 0.260 e. The van der Waals surface area contributed by atoms with Crippen molar-refractivity contribution in [3.8, 4) is 5.75 Å². The van der Waals surface area contributed by atoms with Gasteiger partial charge in [0.15, 0.2) is 0 Å². The third-order valence-electron chi connectivity index (χ3n) is 3.00. The second-order valence-electron chi connectivity index (χ2n) is 4.61. The number of ether oxygens (including phenoxy) is 2. The Labute approximate surface area is 154 Å². The SMILES string of the molecule is COC(=S)Nc1cccc(I)c1COc1ccc(C)cc1Cl. The number of benzene rings is 2. The fourth-order valence-corrected chi connectivity index (χ4v) is 2.91. The Morgan fingerprint density at radius 2 is 2.09 bits per heavy atom. The van der Waals surface area contributed by atoms with Crippen molar-refractivity contribution >= 4 is 57.3 Å². The summed E-state index contributed by atoms with van der Waals surface area (Å²) in [7, 11) is 1.53. The minimum absolute atomic E-state index is 0.316. The molecule has 0 fully saturated rings. The van der Waals surface area contributed by atoms with E-state index in [-0.39, 0.29) is 0 Å². The third-order valence-corrected chi connectivity index (χ3v) is 4.58. The first-order chi connectivity index (χ1) is 10.5. The average molecular weight is 448 g/mol. The maximum absolute atomic E-state index is 6.20. The molecular formula is C16H15ClINO2S. The Morgan fingerprint density at radius 3 is 2.77 bits per heavy atom. The van der Waals surface area contributed by atoms with E-state index in [9.17, 15) is 0 Å². The lowest BCUT2D eigenvalue weighted by molar-refractivity contribution is 0.306. The van der Waals surface area contributed by atoms with Gasteiger partial charge in [0, 0.05) is 14.8 Å². The zero-order chi connectivity index (χ0) is 16.1. The van der Waals surface area contributed by atoms with E-state index in [1.807, 2.05) is 43.3 Å². The van der Waals surface area contributed by atoms with Gasteiger partial charge in [0.2, 0.25) is 0 Å². The average Bonchev–Trinajstić information content (AvgIpc) is 2.48. The normalized spacial score (nSPS) is 10.2. The summed E-state index contributed by atoms with van der Waals surface area (Å²) in [6.45, 7) is 2.38. The molecule has 0 aliphatic rings. The quantitative estimate of drug-likeness (QED) is 0.517. The van der Waals surface area contributed by atoms with E-state index >= 15 is 0 Å². The molecule has 22 heavy (non-hydrogen) atoms. The Morgan fingerprint density at radius 1 is 1.32 bits per heavy atom. The molecule has 1 N–H and O–H groups in total. The first kappa shape index (κ1) is 17.3. The van der Waals surface area contributed by atoms with Gasteiger partial charge in [0.25, 0.3) is 5.17 Å². The highest BCUT2D eigenvalue weighted by Gasteiger charge is 2.10. The molecule has 2 rings (SSSR count). The van der Waals surface area contributed by atoms with Crippen molar-refractivity contribution in [2.24, 2.45) is 0 Å². The van der Waals surface area contributed by atoms with Crippen molar-refractivity contribution < 1.29 is 9.47 Å². The summed E-state index contributed by atoms with van der Waals surface area (Å²) in [5.41, 5.74) is 2.96. The summed E-state index contributed by atoms with van der Waals surface area (Å²) in [6, 6.07) is 11.6. The van der Waals surface area contributed by atoms with Gasteiger partial charge in [-0.15, -0.1) is 0 Å². The number of halogens is 2. The Hall–Kier alpha value is -1.05. The molecule has 6 heteroatoms. The number of thiocarbonyl (C=S) groups is 1. The van der Waals surface area contributed by atoms with Crippen molar-refractivity contribution in [1.29, 1.82) is 0 Å². The molecule has 0 atom stereocenters. The van der Waals surface area contributed by atoms with Crippen LogP contribution in [0.25, 0.3) is 0 Å². The predicted octanol–water partition coefficient (Wildman–Crippen LogP) is 5.18. The van der Waals surface area contributed by atoms with Gasteiger partial charge in [0.05, 0.1) is 12.1 Å². The molecule has 0 spiro atoms. The third kappa shape index (κ3) is 4.47. The first-order valence-electron chi connectivity index (χ1n) is 6.52. The summed E-state index contributed by atoms with van der Waals surface area (Å²) in [4.78, 5) is 0. The number of hydrogen-bond donors (Lipinski definition) is 1. The number of methoxy groups -OCH3 is 1. The highest BCUT2D eigenvalue weighted by Crippen LogP contribution is 2.28. The van der Waals surface area contributed by atoms with Crippen LogP contribution in [0, 0.1) is 10.5 Å². The van der Waals surface area contributed by atoms with Gasteiger partial charge >= 0.3 is 0 Å². The molecule has 0 aliphatic heterocycles. The molecule has 2 aromatic rings. The van der Waals surface area contributed by atoms with Crippen molar-refractivity contribution in [3.63, 3.8) is 0 Å². The van der Waals surface area contributed by atoms with E-state index in [2.05, 4.69) is 27.9 Å². The van der Waals surface area contributed by atoms with E-state index in [0.29, 0.717) is 22.6 Å². The summed E-state index contributed by atoms with van der Waals surface area (Å²) in [5, 5.41) is 3.97. The zero-order valence-electron chi connectivity index (χ0n) is 12.2. The van der Waals surface area contributed by atoms with Gasteiger partial charge in [0.1, 0.15) is 12.4 Å². The number of anilines is 1. The molecule has 0 heterocycles. The highest BCUT2D eigenvalue weighted by molar-refractivity contribution is 14.1. The van der Waals surface area contributed by atoms with Gasteiger partial charge in [-0.05, 0) is 71.6 Å². The van der Waals surface area contributed by atoms with Crippen LogP contribution < -0.4 is 10.1 Å². The molecule has 0 aromatic heterocycles. The number of aryl methyl sites for hydroxylation is 1. The van der Waals surface area contributed by atoms with Gasteiger partial charge in [-0.25, -0.2) is 0 Å². The van der Waals surface area contributed by atoms with E-state index in [4.69, 9.17) is 33.3 Å². The fourth-order valence-electron chi connectivity index (χ4n) is 1.86. The van der Waals surface area contributed by atoms with Crippen LogP contribution in [0.15, 0.2) is 36.4 Å². The largest absolute Gasteiger partial charge is 0.487 e. The predicted molar refractivity (Wildman–Crippen MR) is 103 cm³/mol. The lowest BCUT2D eigenvalue weighted by Gasteiger charge is -2.15. The van der Waals surface area contributed by atoms with Crippen LogP contribution in [0.1, 0.15) is 11.1 Å². The van der Waals surface area contributed by atoms with Gasteiger partial charge in [-0.3, -0.25) is 0 Å². The highest BCUT2D eigenvalue weighted by atomic mass is 127. The van der Waals surface area contributed by atoms with Crippen LogP contribution in [-0.4, -0.2) is 12.3 Å². The molecule has 0 radical (unpaired) electrons. The molecule has 3 nitrogen and oxygen atoms in total. The Kier molecular flexibility index (Phi) is 6.28. The number of rotatable bonds is 4. The van der Waals surface area contributed by atoms with Crippen LogP contribution in [0.3, 0.4) is 0 Å². The standard InChI is InChI=1S/C16H15ClINO2S/c1-10-6-7-15(12(17)8-10)21-9-11-13(18)4-3-5-14(11)19-16(22)20-2/h3-8H,9H2,1-2H3,(H,19,22). The molecule has 0 bridgehead atoms. The monoisotopic (exact) mass is 447 g/mol. The van der Waals surface area contributed by atoms with E-state index in [0.717, 1.165) is 20.4 Å². The molecular weight excluding hydrogens is 433 g/mol. The van der Waals surface area contributed by atoms with Crippen LogP contribution in [-0.2, 0) is 11.3 Å². The maximum Gasteiger partial charge on any atom is 0.260 e. The van der Waals surface area contributed by atoms with Crippen LogP contribution in [0.2, 0.25) is 5.02 Å². The van der Waals surface area contributed by atoms with Crippen molar-refractivity contribution in [1.82, 2.24) is 0 Å². The molecule has 116 valence electrons. The summed E-state index contributed by atoms with van der Waals surface area (Å²) in [6.07, 6.45) is 0. The van der Waals surface area contributed by atoms with E-state index in [1.54, 1.807) is 0 Å². The molecule has 0 saturated heterocycles. The molecule has 0 unspecified atom stereocenters. The van der Waals surface area contributed by atoms with Gasteiger partial charge in [-0.1, -0.05) is 23.7 Å². The minimum atomic E-state index is 0.316. The number of nitrogens with one attached hydrogen (secondary N) is 1. The van der Waals surface area contributed by atoms with Crippen LogP contribution in [0.5, 0.6) is 5.75 Å². The second kappa shape index (κ2) is 7.99. The van der Waals surface area contributed by atoms with E-state index in [1.165, 1.54) is 7.11 Å². The van der Waals surface area contributed by atoms with Crippen molar-refractivity contribution in [2.45, 2.75) is 13.5 Å². The van der Waals surface area contributed by atoms with Crippen LogP contribution >= 0.6 is 46.4 Å².